The maximum atomic E-state index is 6.52. The topological polar surface area (TPSA) is 46.2 Å². The number of hydrogen-bond acceptors (Lipinski definition) is 5. The molecule has 1 atom stereocenters. The Morgan fingerprint density at radius 1 is 0.759 bits per heavy atom. The number of ether oxygens (including phenoxy) is 1. The third kappa shape index (κ3) is 3.44. The summed E-state index contributed by atoms with van der Waals surface area (Å²) in [5, 5.41) is 0. The predicted octanol–water partition coefficient (Wildman–Crippen LogP) is 4.65. The summed E-state index contributed by atoms with van der Waals surface area (Å²) < 4.78 is 32.0. The average molecular weight is 400 g/mol. The second kappa shape index (κ2) is 6.74. The standard InChI is InChI=1S/C22H34B2O5/c1-19(2)20(3,4)27-23(26-19)18(24-28-21(5,6)22(7,8)29-24)16-13-14-25-17-12-10-9-11-15(16)17/h9-12,16,18H,13-14H2,1-8H3. The van der Waals surface area contributed by atoms with Crippen molar-refractivity contribution in [3.63, 3.8) is 0 Å². The summed E-state index contributed by atoms with van der Waals surface area (Å²) in [6.45, 7) is 17.4. The van der Waals surface area contributed by atoms with Gasteiger partial charge < -0.3 is 23.4 Å². The van der Waals surface area contributed by atoms with Crippen LogP contribution >= 0.6 is 0 Å². The number of fused-ring (bicyclic) bond motifs is 1. The summed E-state index contributed by atoms with van der Waals surface area (Å²) in [6, 6.07) is 8.25. The maximum Gasteiger partial charge on any atom is 0.459 e. The molecule has 3 aliphatic rings. The normalized spacial score (nSPS) is 29.1. The summed E-state index contributed by atoms with van der Waals surface area (Å²) in [6.07, 6.45) is 0.871. The van der Waals surface area contributed by atoms with Crippen molar-refractivity contribution in [2.45, 2.75) is 95.8 Å². The van der Waals surface area contributed by atoms with Crippen molar-refractivity contribution in [1.82, 2.24) is 0 Å². The minimum Gasteiger partial charge on any atom is -0.493 e. The van der Waals surface area contributed by atoms with E-state index in [4.69, 9.17) is 23.4 Å². The second-order valence-corrected chi connectivity index (χ2v) is 10.6. The van der Waals surface area contributed by atoms with E-state index in [9.17, 15) is 0 Å². The molecule has 0 spiro atoms. The van der Waals surface area contributed by atoms with E-state index in [1.165, 1.54) is 5.56 Å². The van der Waals surface area contributed by atoms with Gasteiger partial charge in [0, 0.05) is 5.72 Å². The zero-order valence-corrected chi connectivity index (χ0v) is 19.1. The van der Waals surface area contributed by atoms with Gasteiger partial charge in [-0.15, -0.1) is 0 Å². The molecule has 29 heavy (non-hydrogen) atoms. The number of hydrogen-bond donors (Lipinski definition) is 0. The predicted molar refractivity (Wildman–Crippen MR) is 115 cm³/mol. The van der Waals surface area contributed by atoms with E-state index in [1.54, 1.807) is 0 Å². The highest BCUT2D eigenvalue weighted by Crippen LogP contribution is 2.52. The van der Waals surface area contributed by atoms with Gasteiger partial charge in [0.1, 0.15) is 5.75 Å². The van der Waals surface area contributed by atoms with E-state index in [1.807, 2.05) is 12.1 Å². The molecule has 0 N–H and O–H groups in total. The van der Waals surface area contributed by atoms with Crippen molar-refractivity contribution in [2.24, 2.45) is 0 Å². The van der Waals surface area contributed by atoms with Gasteiger partial charge in [-0.2, -0.15) is 0 Å². The molecule has 0 aromatic heterocycles. The van der Waals surface area contributed by atoms with Crippen molar-refractivity contribution in [1.29, 1.82) is 0 Å². The molecule has 1 aromatic rings. The van der Waals surface area contributed by atoms with Crippen LogP contribution in [0.5, 0.6) is 5.75 Å². The van der Waals surface area contributed by atoms with Crippen LogP contribution in [0.4, 0.5) is 0 Å². The molecule has 1 aromatic carbocycles. The molecule has 4 rings (SSSR count). The van der Waals surface area contributed by atoms with Gasteiger partial charge in [-0.3, -0.25) is 0 Å². The molecular formula is C22H34B2O5. The van der Waals surface area contributed by atoms with Gasteiger partial charge in [0.25, 0.3) is 0 Å². The number of benzene rings is 1. The minimum atomic E-state index is -0.425. The van der Waals surface area contributed by atoms with Crippen LogP contribution in [0.15, 0.2) is 24.3 Å². The van der Waals surface area contributed by atoms with Crippen molar-refractivity contribution in [3.05, 3.63) is 29.8 Å². The van der Waals surface area contributed by atoms with Crippen LogP contribution in [0, 0.1) is 0 Å². The van der Waals surface area contributed by atoms with Gasteiger partial charge in [0.2, 0.25) is 0 Å². The fourth-order valence-corrected chi connectivity index (χ4v) is 4.37. The zero-order chi connectivity index (χ0) is 21.2. The Morgan fingerprint density at radius 2 is 1.21 bits per heavy atom. The summed E-state index contributed by atoms with van der Waals surface area (Å²) in [4.78, 5) is 0. The molecule has 158 valence electrons. The van der Waals surface area contributed by atoms with Crippen LogP contribution < -0.4 is 4.74 Å². The Balaban J connectivity index is 1.74. The molecule has 5 nitrogen and oxygen atoms in total. The SMILES string of the molecule is CC1(C)OB(C(B2OC(C)(C)C(C)(C)O2)C2CCOc3ccccc32)OC1(C)C. The lowest BCUT2D eigenvalue weighted by Gasteiger charge is -2.34. The van der Waals surface area contributed by atoms with Gasteiger partial charge in [0.15, 0.2) is 0 Å². The lowest BCUT2D eigenvalue weighted by atomic mass is 9.45. The van der Waals surface area contributed by atoms with Gasteiger partial charge in [-0.1, -0.05) is 18.2 Å². The molecule has 7 heteroatoms. The van der Waals surface area contributed by atoms with E-state index in [0.717, 1.165) is 12.2 Å². The lowest BCUT2D eigenvalue weighted by molar-refractivity contribution is 0.00578. The monoisotopic (exact) mass is 400 g/mol. The average Bonchev–Trinajstić information content (AvgIpc) is 2.94. The molecule has 0 amide bonds. The van der Waals surface area contributed by atoms with Crippen LogP contribution in [0.25, 0.3) is 0 Å². The summed E-state index contributed by atoms with van der Waals surface area (Å²) >= 11 is 0. The molecule has 1 unspecified atom stereocenters. The molecule has 2 saturated heterocycles. The third-order valence-corrected chi connectivity index (χ3v) is 7.64. The first-order valence-corrected chi connectivity index (χ1v) is 10.8. The summed E-state index contributed by atoms with van der Waals surface area (Å²) in [5.74, 6) is 1.09. The molecule has 2 fully saturated rings. The van der Waals surface area contributed by atoms with Crippen molar-refractivity contribution in [3.8, 4) is 5.75 Å². The summed E-state index contributed by atoms with van der Waals surface area (Å²) in [7, 11) is -0.850. The number of rotatable bonds is 3. The Labute approximate surface area is 176 Å². The van der Waals surface area contributed by atoms with Gasteiger partial charge in [0.05, 0.1) is 29.0 Å². The van der Waals surface area contributed by atoms with E-state index >= 15 is 0 Å². The molecular weight excluding hydrogens is 366 g/mol. The molecule has 3 heterocycles. The van der Waals surface area contributed by atoms with Crippen molar-refractivity contribution in [2.75, 3.05) is 6.61 Å². The first-order valence-electron chi connectivity index (χ1n) is 10.8. The largest absolute Gasteiger partial charge is 0.493 e. The first kappa shape index (κ1) is 21.2. The van der Waals surface area contributed by atoms with Gasteiger partial charge in [-0.25, -0.2) is 0 Å². The van der Waals surface area contributed by atoms with E-state index < -0.39 is 36.6 Å². The fraction of sp³-hybridized carbons (Fsp3) is 0.727. The smallest absolute Gasteiger partial charge is 0.459 e. The minimum absolute atomic E-state index is 0.109. The van der Waals surface area contributed by atoms with Crippen LogP contribution in [0.1, 0.15) is 73.3 Å². The maximum absolute atomic E-state index is 6.52. The number of para-hydroxylation sites is 1. The van der Waals surface area contributed by atoms with Crippen molar-refractivity contribution >= 4 is 14.2 Å². The van der Waals surface area contributed by atoms with Crippen LogP contribution in [-0.4, -0.2) is 43.2 Å². The van der Waals surface area contributed by atoms with E-state index in [-0.39, 0.29) is 11.6 Å². The van der Waals surface area contributed by atoms with E-state index in [2.05, 4.69) is 67.5 Å². The van der Waals surface area contributed by atoms with Gasteiger partial charge in [-0.05, 0) is 79.4 Å². The third-order valence-electron chi connectivity index (χ3n) is 7.64. The van der Waals surface area contributed by atoms with Crippen LogP contribution in [-0.2, 0) is 18.6 Å². The fourth-order valence-electron chi connectivity index (χ4n) is 4.37. The first-order chi connectivity index (χ1) is 13.3. The Morgan fingerprint density at radius 3 is 1.69 bits per heavy atom. The van der Waals surface area contributed by atoms with Crippen molar-refractivity contribution < 1.29 is 23.4 Å². The Kier molecular flexibility index (Phi) is 4.94. The molecule has 0 saturated carbocycles. The van der Waals surface area contributed by atoms with Gasteiger partial charge >= 0.3 is 14.2 Å². The summed E-state index contributed by atoms with van der Waals surface area (Å²) in [5.41, 5.74) is -0.585. The van der Waals surface area contributed by atoms with Crippen LogP contribution in [0.3, 0.4) is 0 Å². The highest BCUT2D eigenvalue weighted by molar-refractivity contribution is 6.68. The van der Waals surface area contributed by atoms with Crippen LogP contribution in [0.2, 0.25) is 5.72 Å². The molecule has 3 aliphatic heterocycles. The lowest BCUT2D eigenvalue weighted by Crippen LogP contribution is -2.43. The molecule has 0 aliphatic carbocycles. The highest BCUT2D eigenvalue weighted by Gasteiger charge is 2.63. The Bertz CT molecular complexity index is 708. The van der Waals surface area contributed by atoms with E-state index in [0.29, 0.717) is 6.61 Å². The zero-order valence-electron chi connectivity index (χ0n) is 19.1. The Hall–Kier alpha value is -1.01. The molecule has 0 radical (unpaired) electrons. The highest BCUT2D eigenvalue weighted by atomic mass is 16.7. The quantitative estimate of drug-likeness (QED) is 0.692. The molecule has 0 bridgehead atoms. The second-order valence-electron chi connectivity index (χ2n) is 10.6.